The number of carbonyl (C=O) groups excluding carboxylic acids is 3. The van der Waals surface area contributed by atoms with Crippen LogP contribution in [0.4, 0.5) is 5.69 Å². The molecule has 0 bridgehead atoms. The summed E-state index contributed by atoms with van der Waals surface area (Å²) in [7, 11) is -3.95. The Morgan fingerprint density at radius 3 is 2.34 bits per heavy atom. The molecule has 10 heteroatoms. The van der Waals surface area contributed by atoms with Crippen molar-refractivity contribution >= 4 is 33.5 Å². The number of rotatable bonds is 8. The monoisotopic (exact) mass is 461 g/mol. The molecule has 0 aliphatic rings. The van der Waals surface area contributed by atoms with Gasteiger partial charge in [-0.25, -0.2) is 18.4 Å². The van der Waals surface area contributed by atoms with Crippen LogP contribution >= 0.6 is 0 Å². The Morgan fingerprint density at radius 1 is 1.06 bits per heavy atom. The fourth-order valence-electron chi connectivity index (χ4n) is 2.92. The first-order chi connectivity index (χ1) is 14.9. The normalized spacial score (nSPS) is 12.2. The molecular weight excluding hydrogens is 434 g/mol. The molecule has 172 valence electrons. The third-order valence-corrected chi connectivity index (χ3v) is 5.66. The van der Waals surface area contributed by atoms with Crippen molar-refractivity contribution in [3.63, 3.8) is 0 Å². The molecule has 0 saturated heterocycles. The van der Waals surface area contributed by atoms with Crippen molar-refractivity contribution in [2.24, 2.45) is 11.1 Å². The summed E-state index contributed by atoms with van der Waals surface area (Å²) >= 11 is 0. The quantitative estimate of drug-likeness (QED) is 0.512. The maximum atomic E-state index is 12.5. The number of sulfonamides is 1. The standard InChI is InChI=1S/C22H27N3O6S/c1-13(2)20(25-21(27)16-7-5-6-14(3)10-16)22(28)31-12-19(26)24-17-9-8-15(4)18(11-17)32(23,29)30/h5-11,13,20H,12H2,1-4H3,(H,24,26)(H,25,27)(H2,23,29,30). The minimum absolute atomic E-state index is 0.119. The van der Waals surface area contributed by atoms with Gasteiger partial charge in [0.15, 0.2) is 6.61 Å². The van der Waals surface area contributed by atoms with Crippen LogP contribution < -0.4 is 15.8 Å². The van der Waals surface area contributed by atoms with Gasteiger partial charge in [-0.1, -0.05) is 37.6 Å². The summed E-state index contributed by atoms with van der Waals surface area (Å²) in [5.74, 6) is -2.14. The second-order valence-electron chi connectivity index (χ2n) is 7.75. The van der Waals surface area contributed by atoms with Gasteiger partial charge in [-0.3, -0.25) is 9.59 Å². The van der Waals surface area contributed by atoms with Crippen LogP contribution in [0.1, 0.15) is 35.3 Å². The highest BCUT2D eigenvalue weighted by atomic mass is 32.2. The summed E-state index contributed by atoms with van der Waals surface area (Å²) in [5, 5.41) is 10.3. The Labute approximate surface area is 187 Å². The van der Waals surface area contributed by atoms with Gasteiger partial charge in [0, 0.05) is 11.3 Å². The van der Waals surface area contributed by atoms with E-state index in [9.17, 15) is 22.8 Å². The van der Waals surface area contributed by atoms with Crippen molar-refractivity contribution in [2.75, 3.05) is 11.9 Å². The molecule has 4 N–H and O–H groups in total. The summed E-state index contributed by atoms with van der Waals surface area (Å²) in [4.78, 5) is 37.0. The van der Waals surface area contributed by atoms with Crippen LogP contribution in [0.3, 0.4) is 0 Å². The Balaban J connectivity index is 2.00. The molecule has 1 unspecified atom stereocenters. The van der Waals surface area contributed by atoms with Crippen LogP contribution in [0.15, 0.2) is 47.4 Å². The van der Waals surface area contributed by atoms with Crippen LogP contribution in [0, 0.1) is 19.8 Å². The van der Waals surface area contributed by atoms with Gasteiger partial charge in [-0.2, -0.15) is 0 Å². The number of nitrogens with one attached hydrogen (secondary N) is 2. The van der Waals surface area contributed by atoms with Crippen LogP contribution in [-0.4, -0.2) is 38.9 Å². The Bertz CT molecular complexity index is 1130. The first kappa shape index (κ1) is 25.0. The maximum absolute atomic E-state index is 12.5. The van der Waals surface area contributed by atoms with Gasteiger partial charge in [0.05, 0.1) is 4.90 Å². The maximum Gasteiger partial charge on any atom is 0.329 e. The van der Waals surface area contributed by atoms with E-state index in [1.165, 1.54) is 18.2 Å². The van der Waals surface area contributed by atoms with Gasteiger partial charge in [0.1, 0.15) is 6.04 Å². The van der Waals surface area contributed by atoms with Gasteiger partial charge in [0.2, 0.25) is 10.0 Å². The number of esters is 1. The molecule has 0 saturated carbocycles. The molecule has 0 radical (unpaired) electrons. The van der Waals surface area contributed by atoms with E-state index in [-0.39, 0.29) is 16.5 Å². The van der Waals surface area contributed by atoms with Crippen LogP contribution in [0.25, 0.3) is 0 Å². The van der Waals surface area contributed by atoms with Gasteiger partial charge in [0.25, 0.3) is 11.8 Å². The molecule has 0 fully saturated rings. The number of nitrogens with two attached hydrogens (primary N) is 1. The third-order valence-electron chi connectivity index (χ3n) is 4.61. The number of aryl methyl sites for hydroxylation is 2. The Morgan fingerprint density at radius 2 is 1.75 bits per heavy atom. The minimum atomic E-state index is -3.95. The number of primary sulfonamides is 1. The molecule has 9 nitrogen and oxygen atoms in total. The van der Waals surface area contributed by atoms with Crippen molar-refractivity contribution in [3.05, 3.63) is 59.2 Å². The highest BCUT2D eigenvalue weighted by Crippen LogP contribution is 2.19. The Kier molecular flexibility index (Phi) is 8.12. The van der Waals surface area contributed by atoms with Crippen LogP contribution in [0.5, 0.6) is 0 Å². The smallest absolute Gasteiger partial charge is 0.329 e. The molecule has 0 aromatic heterocycles. The third kappa shape index (κ3) is 6.89. The number of anilines is 1. The van der Waals surface area contributed by atoms with Crippen molar-refractivity contribution in [1.82, 2.24) is 5.32 Å². The molecule has 32 heavy (non-hydrogen) atoms. The lowest BCUT2D eigenvalue weighted by Gasteiger charge is -2.21. The molecule has 2 rings (SSSR count). The van der Waals surface area contributed by atoms with Crippen molar-refractivity contribution in [3.8, 4) is 0 Å². The largest absolute Gasteiger partial charge is 0.454 e. The molecule has 2 aromatic rings. The zero-order valence-electron chi connectivity index (χ0n) is 18.3. The zero-order chi connectivity index (χ0) is 24.1. The highest BCUT2D eigenvalue weighted by molar-refractivity contribution is 7.89. The van der Waals surface area contributed by atoms with E-state index in [0.717, 1.165) is 5.56 Å². The van der Waals surface area contributed by atoms with E-state index >= 15 is 0 Å². The highest BCUT2D eigenvalue weighted by Gasteiger charge is 2.27. The predicted octanol–water partition coefficient (Wildman–Crippen LogP) is 1.89. The van der Waals surface area contributed by atoms with E-state index in [4.69, 9.17) is 9.88 Å². The second kappa shape index (κ2) is 10.4. The average Bonchev–Trinajstić information content (AvgIpc) is 2.70. The molecule has 0 aliphatic heterocycles. The number of benzene rings is 2. The molecule has 0 heterocycles. The zero-order valence-corrected chi connectivity index (χ0v) is 19.2. The first-order valence-corrected chi connectivity index (χ1v) is 11.4. The van der Waals surface area contributed by atoms with Gasteiger partial charge in [-0.15, -0.1) is 0 Å². The van der Waals surface area contributed by atoms with Crippen molar-refractivity contribution in [1.29, 1.82) is 0 Å². The fourth-order valence-corrected chi connectivity index (χ4v) is 3.72. The van der Waals surface area contributed by atoms with Gasteiger partial charge in [-0.05, 0) is 49.6 Å². The summed E-state index contributed by atoms with van der Waals surface area (Å²) in [6, 6.07) is 10.2. The fraction of sp³-hybridized carbons (Fsp3) is 0.318. The summed E-state index contributed by atoms with van der Waals surface area (Å²) in [6.07, 6.45) is 0. The first-order valence-electron chi connectivity index (χ1n) is 9.86. The summed E-state index contributed by atoms with van der Waals surface area (Å²) < 4.78 is 28.3. The van der Waals surface area contributed by atoms with E-state index < -0.39 is 40.5 Å². The summed E-state index contributed by atoms with van der Waals surface area (Å²) in [6.45, 7) is 6.29. The number of hydrogen-bond acceptors (Lipinski definition) is 6. The minimum Gasteiger partial charge on any atom is -0.454 e. The number of carbonyl (C=O) groups is 3. The molecule has 2 aromatic carbocycles. The number of amides is 2. The van der Waals surface area contributed by atoms with E-state index in [1.807, 2.05) is 13.0 Å². The number of ether oxygens (including phenoxy) is 1. The molecule has 0 aliphatic carbocycles. The second-order valence-corrected chi connectivity index (χ2v) is 9.28. The van der Waals surface area contributed by atoms with E-state index in [1.54, 1.807) is 39.0 Å². The van der Waals surface area contributed by atoms with Gasteiger partial charge >= 0.3 is 5.97 Å². The predicted molar refractivity (Wildman–Crippen MR) is 119 cm³/mol. The summed E-state index contributed by atoms with van der Waals surface area (Å²) in [5.41, 5.74) is 1.93. The van der Waals surface area contributed by atoms with Crippen molar-refractivity contribution in [2.45, 2.75) is 38.6 Å². The van der Waals surface area contributed by atoms with Crippen LogP contribution in [-0.2, 0) is 24.3 Å². The SMILES string of the molecule is Cc1cccc(C(=O)NC(C(=O)OCC(=O)Nc2ccc(C)c(S(N)(=O)=O)c2)C(C)C)c1. The molecule has 1 atom stereocenters. The van der Waals surface area contributed by atoms with Crippen LogP contribution in [0.2, 0.25) is 0 Å². The Hall–Kier alpha value is -3.24. The number of hydrogen-bond donors (Lipinski definition) is 3. The van der Waals surface area contributed by atoms with E-state index in [2.05, 4.69) is 10.6 Å². The average molecular weight is 462 g/mol. The lowest BCUT2D eigenvalue weighted by Crippen LogP contribution is -2.46. The lowest BCUT2D eigenvalue weighted by atomic mass is 10.0. The lowest BCUT2D eigenvalue weighted by molar-refractivity contribution is -0.150. The van der Waals surface area contributed by atoms with Gasteiger partial charge < -0.3 is 15.4 Å². The molecular formula is C22H27N3O6S. The molecule has 2 amide bonds. The molecule has 0 spiro atoms. The topological polar surface area (TPSA) is 145 Å². The van der Waals surface area contributed by atoms with Crippen molar-refractivity contribution < 1.29 is 27.5 Å². The van der Waals surface area contributed by atoms with E-state index in [0.29, 0.717) is 11.1 Å².